The molecule has 1 aliphatic rings. The Hall–Kier alpha value is -1.59. The zero-order chi connectivity index (χ0) is 16.9. The number of aliphatic hydroxyl groups is 1. The molecule has 0 radical (unpaired) electrons. The summed E-state index contributed by atoms with van der Waals surface area (Å²) in [6.45, 7) is 3.98. The number of ether oxygens (including phenoxy) is 1. The fourth-order valence-corrected chi connectivity index (χ4v) is 3.23. The van der Waals surface area contributed by atoms with E-state index in [1.54, 1.807) is 4.90 Å². The molecule has 1 amide bonds. The first kappa shape index (κ1) is 17.8. The number of piperidine rings is 1. The zero-order valence-electron chi connectivity index (χ0n) is 14.4. The minimum Gasteiger partial charge on any atom is -0.445 e. The van der Waals surface area contributed by atoms with Gasteiger partial charge >= 0.3 is 6.09 Å². The summed E-state index contributed by atoms with van der Waals surface area (Å²) in [4.78, 5) is 16.0. The Kier molecular flexibility index (Phi) is 6.02. The van der Waals surface area contributed by atoms with E-state index < -0.39 is 5.60 Å². The Morgan fingerprint density at radius 3 is 2.74 bits per heavy atom. The first-order valence-electron chi connectivity index (χ1n) is 8.21. The van der Waals surface area contributed by atoms with Crippen LogP contribution in [-0.2, 0) is 11.3 Å². The summed E-state index contributed by atoms with van der Waals surface area (Å²) in [6.07, 6.45) is 1.54. The molecule has 1 aliphatic heterocycles. The molecular weight excluding hydrogens is 292 g/mol. The first-order chi connectivity index (χ1) is 10.9. The molecule has 2 atom stereocenters. The van der Waals surface area contributed by atoms with Crippen molar-refractivity contribution in [3.63, 3.8) is 0 Å². The van der Waals surface area contributed by atoms with E-state index in [2.05, 4.69) is 0 Å². The van der Waals surface area contributed by atoms with Gasteiger partial charge in [-0.3, -0.25) is 0 Å². The van der Waals surface area contributed by atoms with Crippen molar-refractivity contribution in [3.8, 4) is 0 Å². The second-order valence-electron chi connectivity index (χ2n) is 6.92. The van der Waals surface area contributed by atoms with Crippen molar-refractivity contribution in [3.05, 3.63) is 35.9 Å². The van der Waals surface area contributed by atoms with E-state index in [-0.39, 0.29) is 18.6 Å². The van der Waals surface area contributed by atoms with Crippen molar-refractivity contribution in [2.24, 2.45) is 5.92 Å². The lowest BCUT2D eigenvalue weighted by atomic mass is 9.82. The smallest absolute Gasteiger partial charge is 0.410 e. The Morgan fingerprint density at radius 2 is 2.09 bits per heavy atom. The number of rotatable bonds is 5. The molecule has 2 rings (SSSR count). The average Bonchev–Trinajstić information content (AvgIpc) is 2.52. The topological polar surface area (TPSA) is 53.0 Å². The van der Waals surface area contributed by atoms with Crippen LogP contribution < -0.4 is 0 Å². The minimum absolute atomic E-state index is 0.0722. The van der Waals surface area contributed by atoms with Crippen LogP contribution in [0.25, 0.3) is 0 Å². The number of hydrogen-bond acceptors (Lipinski definition) is 4. The van der Waals surface area contributed by atoms with Gasteiger partial charge in [0.1, 0.15) is 6.61 Å². The van der Waals surface area contributed by atoms with Crippen LogP contribution in [0.3, 0.4) is 0 Å². The Labute approximate surface area is 138 Å². The standard InChI is InChI=1S/C18H28N2O3/c1-18(22,14-19(2)3)16-10-7-11-20(12-16)17(21)23-13-15-8-5-4-6-9-15/h4-6,8-9,16,22H,7,10-14H2,1-3H3/t16?,18-/m1/s1. The van der Waals surface area contributed by atoms with Crippen LogP contribution in [0.1, 0.15) is 25.3 Å². The number of hydrogen-bond donors (Lipinski definition) is 1. The molecule has 128 valence electrons. The van der Waals surface area contributed by atoms with Crippen molar-refractivity contribution in [1.29, 1.82) is 0 Å². The predicted molar refractivity (Wildman–Crippen MR) is 90.1 cm³/mol. The number of nitrogens with zero attached hydrogens (tertiary/aromatic N) is 2. The summed E-state index contributed by atoms with van der Waals surface area (Å²) < 4.78 is 5.40. The molecule has 1 aromatic carbocycles. The quantitative estimate of drug-likeness (QED) is 0.905. The van der Waals surface area contributed by atoms with E-state index in [9.17, 15) is 9.90 Å². The molecule has 0 aromatic heterocycles. The number of amides is 1. The van der Waals surface area contributed by atoms with Crippen molar-refractivity contribution in [2.45, 2.75) is 32.0 Å². The van der Waals surface area contributed by atoms with E-state index in [4.69, 9.17) is 4.74 Å². The number of carbonyl (C=O) groups is 1. The molecule has 0 aliphatic carbocycles. The fourth-order valence-electron chi connectivity index (χ4n) is 3.23. The van der Waals surface area contributed by atoms with Gasteiger partial charge in [-0.15, -0.1) is 0 Å². The highest BCUT2D eigenvalue weighted by molar-refractivity contribution is 5.67. The van der Waals surface area contributed by atoms with Crippen molar-refractivity contribution < 1.29 is 14.6 Å². The Balaban J connectivity index is 1.88. The normalized spacial score (nSPS) is 21.1. The molecule has 1 N–H and O–H groups in total. The summed E-state index contributed by atoms with van der Waals surface area (Å²) in [5.41, 5.74) is 0.177. The van der Waals surface area contributed by atoms with Gasteiger partial charge < -0.3 is 19.6 Å². The SMILES string of the molecule is CN(C)C[C@@](C)(O)C1CCCN(C(=O)OCc2ccccc2)C1. The Morgan fingerprint density at radius 1 is 1.39 bits per heavy atom. The van der Waals surface area contributed by atoms with Gasteiger partial charge in [0.25, 0.3) is 0 Å². The summed E-state index contributed by atoms with van der Waals surface area (Å²) in [5.74, 6) is 0.0722. The third-order valence-electron chi connectivity index (χ3n) is 4.40. The van der Waals surface area contributed by atoms with Crippen molar-refractivity contribution in [2.75, 3.05) is 33.7 Å². The third kappa shape index (κ3) is 5.22. The lowest BCUT2D eigenvalue weighted by Crippen LogP contribution is -2.52. The second kappa shape index (κ2) is 7.79. The van der Waals surface area contributed by atoms with Crippen molar-refractivity contribution in [1.82, 2.24) is 9.80 Å². The van der Waals surface area contributed by atoms with E-state index in [1.165, 1.54) is 0 Å². The van der Waals surface area contributed by atoms with Gasteiger partial charge in [-0.25, -0.2) is 4.79 Å². The van der Waals surface area contributed by atoms with E-state index >= 15 is 0 Å². The molecular formula is C18H28N2O3. The van der Waals surface area contributed by atoms with Gasteiger partial charge in [-0.2, -0.15) is 0 Å². The van der Waals surface area contributed by atoms with Crippen LogP contribution in [-0.4, -0.2) is 60.3 Å². The van der Waals surface area contributed by atoms with Gasteiger partial charge in [0.05, 0.1) is 5.60 Å². The number of likely N-dealkylation sites (tertiary alicyclic amines) is 1. The predicted octanol–water partition coefficient (Wildman–Crippen LogP) is 2.35. The molecule has 1 fully saturated rings. The molecule has 1 unspecified atom stereocenters. The summed E-state index contributed by atoms with van der Waals surface area (Å²) in [5, 5.41) is 10.7. The van der Waals surface area contributed by atoms with Crippen molar-refractivity contribution >= 4 is 6.09 Å². The van der Waals surface area contributed by atoms with E-state index in [0.717, 1.165) is 18.4 Å². The third-order valence-corrected chi connectivity index (χ3v) is 4.40. The van der Waals surface area contributed by atoms with Crippen LogP contribution in [0, 0.1) is 5.92 Å². The van der Waals surface area contributed by atoms with Gasteiger partial charge in [0.2, 0.25) is 0 Å². The summed E-state index contributed by atoms with van der Waals surface area (Å²) >= 11 is 0. The summed E-state index contributed by atoms with van der Waals surface area (Å²) in [7, 11) is 3.90. The minimum atomic E-state index is -0.804. The van der Waals surface area contributed by atoms with Crippen LogP contribution in [0.5, 0.6) is 0 Å². The molecule has 1 heterocycles. The molecule has 0 bridgehead atoms. The fraction of sp³-hybridized carbons (Fsp3) is 0.611. The molecule has 23 heavy (non-hydrogen) atoms. The first-order valence-corrected chi connectivity index (χ1v) is 8.21. The zero-order valence-corrected chi connectivity index (χ0v) is 14.4. The van der Waals surface area contributed by atoms with Crippen LogP contribution in [0.4, 0.5) is 4.79 Å². The maximum absolute atomic E-state index is 12.3. The maximum atomic E-state index is 12.3. The average molecular weight is 320 g/mol. The highest BCUT2D eigenvalue weighted by atomic mass is 16.6. The van der Waals surface area contributed by atoms with Crippen LogP contribution in [0.15, 0.2) is 30.3 Å². The number of carbonyl (C=O) groups excluding carboxylic acids is 1. The lowest BCUT2D eigenvalue weighted by Gasteiger charge is -2.41. The number of likely N-dealkylation sites (N-methyl/N-ethyl adjacent to an activating group) is 1. The highest BCUT2D eigenvalue weighted by Crippen LogP contribution is 2.28. The monoisotopic (exact) mass is 320 g/mol. The van der Waals surface area contributed by atoms with Gasteiger partial charge in [-0.05, 0) is 39.4 Å². The lowest BCUT2D eigenvalue weighted by molar-refractivity contribution is -0.0466. The molecule has 0 saturated carbocycles. The Bertz CT molecular complexity index is 502. The van der Waals surface area contributed by atoms with Crippen LogP contribution in [0.2, 0.25) is 0 Å². The molecule has 5 nitrogen and oxygen atoms in total. The largest absolute Gasteiger partial charge is 0.445 e. The molecule has 1 saturated heterocycles. The van der Waals surface area contributed by atoms with E-state index in [1.807, 2.05) is 56.3 Å². The molecule has 1 aromatic rings. The van der Waals surface area contributed by atoms with Gasteiger partial charge in [0, 0.05) is 25.6 Å². The van der Waals surface area contributed by atoms with E-state index in [0.29, 0.717) is 19.6 Å². The number of benzene rings is 1. The molecule has 5 heteroatoms. The highest BCUT2D eigenvalue weighted by Gasteiger charge is 2.37. The molecule has 0 spiro atoms. The van der Waals surface area contributed by atoms with Gasteiger partial charge in [-0.1, -0.05) is 30.3 Å². The van der Waals surface area contributed by atoms with Crippen LogP contribution >= 0.6 is 0 Å². The second-order valence-corrected chi connectivity index (χ2v) is 6.92. The maximum Gasteiger partial charge on any atom is 0.410 e. The summed E-state index contributed by atoms with van der Waals surface area (Å²) in [6, 6.07) is 9.67. The van der Waals surface area contributed by atoms with Gasteiger partial charge in [0.15, 0.2) is 0 Å².